The molecular formula is C12H9Br2IOS. The van der Waals surface area contributed by atoms with Crippen molar-refractivity contribution in [2.24, 2.45) is 0 Å². The van der Waals surface area contributed by atoms with E-state index in [4.69, 9.17) is 0 Å². The van der Waals surface area contributed by atoms with E-state index in [1.807, 2.05) is 31.2 Å². The molecule has 1 unspecified atom stereocenters. The molecule has 1 atom stereocenters. The van der Waals surface area contributed by atoms with E-state index in [2.05, 4.69) is 54.5 Å². The van der Waals surface area contributed by atoms with Gasteiger partial charge in [-0.1, -0.05) is 15.9 Å². The highest BCUT2D eigenvalue weighted by atomic mass is 127. The zero-order valence-electron chi connectivity index (χ0n) is 8.88. The SMILES string of the molecule is Cc1cc(Br)c(C(O)c2cc(Br)ccc2I)s1. The maximum Gasteiger partial charge on any atom is 0.115 e. The Labute approximate surface area is 135 Å². The van der Waals surface area contributed by atoms with Gasteiger partial charge in [0.05, 0.1) is 4.88 Å². The van der Waals surface area contributed by atoms with Gasteiger partial charge in [-0.15, -0.1) is 11.3 Å². The third kappa shape index (κ3) is 3.12. The van der Waals surface area contributed by atoms with E-state index in [9.17, 15) is 5.11 Å². The molecular weight excluding hydrogens is 479 g/mol. The van der Waals surface area contributed by atoms with Gasteiger partial charge in [0.25, 0.3) is 0 Å². The lowest BCUT2D eigenvalue weighted by molar-refractivity contribution is 0.222. The lowest BCUT2D eigenvalue weighted by atomic mass is 10.1. The summed E-state index contributed by atoms with van der Waals surface area (Å²) in [5, 5.41) is 10.4. The second-order valence-electron chi connectivity index (χ2n) is 3.64. The fourth-order valence-electron chi connectivity index (χ4n) is 1.55. The van der Waals surface area contributed by atoms with Gasteiger partial charge in [0, 0.05) is 23.0 Å². The van der Waals surface area contributed by atoms with Crippen molar-refractivity contribution >= 4 is 65.8 Å². The summed E-state index contributed by atoms with van der Waals surface area (Å²) in [5.74, 6) is 0. The van der Waals surface area contributed by atoms with Gasteiger partial charge in [0.2, 0.25) is 0 Å². The minimum Gasteiger partial charge on any atom is -0.383 e. The predicted molar refractivity (Wildman–Crippen MR) is 87.7 cm³/mol. The quantitative estimate of drug-likeness (QED) is 0.572. The van der Waals surface area contributed by atoms with Crippen molar-refractivity contribution in [3.8, 4) is 0 Å². The van der Waals surface area contributed by atoms with E-state index in [-0.39, 0.29) is 0 Å². The summed E-state index contributed by atoms with van der Waals surface area (Å²) in [6, 6.07) is 7.98. The predicted octanol–water partition coefficient (Wildman–Crippen LogP) is 5.27. The van der Waals surface area contributed by atoms with E-state index in [1.165, 1.54) is 4.88 Å². The number of halogens is 3. The Morgan fingerprint density at radius 2 is 2.00 bits per heavy atom. The maximum atomic E-state index is 10.4. The first kappa shape index (κ1) is 14.0. The van der Waals surface area contributed by atoms with E-state index < -0.39 is 6.10 Å². The number of aliphatic hydroxyl groups is 1. The number of benzene rings is 1. The van der Waals surface area contributed by atoms with Crippen LogP contribution in [0.25, 0.3) is 0 Å². The van der Waals surface area contributed by atoms with Gasteiger partial charge in [-0.2, -0.15) is 0 Å². The van der Waals surface area contributed by atoms with Crippen LogP contribution < -0.4 is 0 Å². The number of thiophene rings is 1. The third-order valence-corrected chi connectivity index (χ3v) is 5.83. The fourth-order valence-corrected chi connectivity index (χ4v) is 4.44. The summed E-state index contributed by atoms with van der Waals surface area (Å²) < 4.78 is 3.02. The normalized spacial score (nSPS) is 12.8. The molecule has 1 aromatic carbocycles. The highest BCUT2D eigenvalue weighted by Gasteiger charge is 2.18. The van der Waals surface area contributed by atoms with Crippen molar-refractivity contribution in [1.29, 1.82) is 0 Å². The first-order valence-corrected chi connectivity index (χ1v) is 8.36. The Kier molecular flexibility index (Phi) is 4.68. The summed E-state index contributed by atoms with van der Waals surface area (Å²) >= 11 is 10.8. The summed E-state index contributed by atoms with van der Waals surface area (Å²) in [6.45, 7) is 2.04. The zero-order valence-corrected chi connectivity index (χ0v) is 15.0. The largest absolute Gasteiger partial charge is 0.383 e. The first-order chi connectivity index (χ1) is 7.99. The minimum atomic E-state index is -0.576. The van der Waals surface area contributed by atoms with E-state index in [0.717, 1.165) is 23.0 Å². The summed E-state index contributed by atoms with van der Waals surface area (Å²) in [5.41, 5.74) is 0.933. The van der Waals surface area contributed by atoms with Crippen LogP contribution in [0.3, 0.4) is 0 Å². The molecule has 2 rings (SSSR count). The van der Waals surface area contributed by atoms with Crippen LogP contribution in [0, 0.1) is 10.5 Å². The topological polar surface area (TPSA) is 20.2 Å². The van der Waals surface area contributed by atoms with Gasteiger partial charge in [-0.3, -0.25) is 0 Å². The molecule has 1 aromatic heterocycles. The van der Waals surface area contributed by atoms with Crippen LogP contribution in [-0.2, 0) is 0 Å². The standard InChI is InChI=1S/C12H9Br2IOS/c1-6-4-9(14)12(17-6)11(16)8-5-7(13)2-3-10(8)15/h2-5,11,16H,1H3. The second kappa shape index (κ2) is 5.69. The van der Waals surface area contributed by atoms with Crippen LogP contribution in [0.4, 0.5) is 0 Å². The number of aliphatic hydroxyl groups excluding tert-OH is 1. The molecule has 1 heterocycles. The Morgan fingerprint density at radius 1 is 1.29 bits per heavy atom. The zero-order chi connectivity index (χ0) is 12.6. The van der Waals surface area contributed by atoms with Crippen molar-refractivity contribution in [3.05, 3.63) is 52.1 Å². The number of hydrogen-bond donors (Lipinski definition) is 1. The number of rotatable bonds is 2. The van der Waals surface area contributed by atoms with Crippen LogP contribution in [0.1, 0.15) is 21.4 Å². The van der Waals surface area contributed by atoms with Crippen LogP contribution in [0.2, 0.25) is 0 Å². The van der Waals surface area contributed by atoms with Gasteiger partial charge in [0.1, 0.15) is 6.10 Å². The lowest BCUT2D eigenvalue weighted by Crippen LogP contribution is -2.00. The summed E-state index contributed by atoms with van der Waals surface area (Å²) in [7, 11) is 0. The van der Waals surface area contributed by atoms with Gasteiger partial charge in [-0.25, -0.2) is 0 Å². The molecule has 1 N–H and O–H groups in total. The molecule has 90 valence electrons. The van der Waals surface area contributed by atoms with E-state index in [0.29, 0.717) is 0 Å². The smallest absolute Gasteiger partial charge is 0.115 e. The molecule has 1 nitrogen and oxygen atoms in total. The van der Waals surface area contributed by atoms with E-state index >= 15 is 0 Å². The molecule has 0 spiro atoms. The summed E-state index contributed by atoms with van der Waals surface area (Å²) in [4.78, 5) is 2.15. The van der Waals surface area contributed by atoms with E-state index in [1.54, 1.807) is 11.3 Å². The third-order valence-electron chi connectivity index (χ3n) is 2.34. The highest BCUT2D eigenvalue weighted by Crippen LogP contribution is 2.37. The molecule has 0 radical (unpaired) electrons. The molecule has 0 saturated heterocycles. The molecule has 5 heteroatoms. The highest BCUT2D eigenvalue weighted by molar-refractivity contribution is 14.1. The Hall–Kier alpha value is 0.570. The van der Waals surface area contributed by atoms with Crippen LogP contribution >= 0.6 is 65.8 Å². The second-order valence-corrected chi connectivity index (χ2v) is 7.86. The number of hydrogen-bond acceptors (Lipinski definition) is 2. The Bertz CT molecular complexity index is 553. The van der Waals surface area contributed by atoms with Crippen LogP contribution in [0.5, 0.6) is 0 Å². The molecule has 0 saturated carbocycles. The first-order valence-electron chi connectivity index (χ1n) is 4.88. The fraction of sp³-hybridized carbons (Fsp3) is 0.167. The van der Waals surface area contributed by atoms with Crippen molar-refractivity contribution in [1.82, 2.24) is 0 Å². The van der Waals surface area contributed by atoms with Crippen molar-refractivity contribution in [2.45, 2.75) is 13.0 Å². The van der Waals surface area contributed by atoms with Gasteiger partial charge < -0.3 is 5.11 Å². The molecule has 2 aromatic rings. The van der Waals surface area contributed by atoms with Crippen molar-refractivity contribution in [3.63, 3.8) is 0 Å². The van der Waals surface area contributed by atoms with Gasteiger partial charge in [-0.05, 0) is 69.7 Å². The molecule has 17 heavy (non-hydrogen) atoms. The average Bonchev–Trinajstić information content (AvgIpc) is 2.60. The average molecular weight is 488 g/mol. The Balaban J connectivity index is 2.46. The molecule has 0 aliphatic carbocycles. The Morgan fingerprint density at radius 3 is 2.59 bits per heavy atom. The summed E-state index contributed by atoms with van der Waals surface area (Å²) in [6.07, 6.45) is -0.576. The van der Waals surface area contributed by atoms with Crippen molar-refractivity contribution in [2.75, 3.05) is 0 Å². The molecule has 0 bridgehead atoms. The van der Waals surface area contributed by atoms with Crippen LogP contribution in [-0.4, -0.2) is 5.11 Å². The molecule has 0 fully saturated rings. The van der Waals surface area contributed by atoms with Crippen molar-refractivity contribution < 1.29 is 5.11 Å². The molecule has 0 amide bonds. The lowest BCUT2D eigenvalue weighted by Gasteiger charge is -2.12. The maximum absolute atomic E-state index is 10.4. The van der Waals surface area contributed by atoms with Crippen LogP contribution in [0.15, 0.2) is 33.2 Å². The van der Waals surface area contributed by atoms with Gasteiger partial charge in [0.15, 0.2) is 0 Å². The molecule has 0 aliphatic rings. The minimum absolute atomic E-state index is 0.576. The number of aryl methyl sites for hydroxylation is 1. The van der Waals surface area contributed by atoms with Gasteiger partial charge >= 0.3 is 0 Å². The molecule has 0 aliphatic heterocycles. The monoisotopic (exact) mass is 486 g/mol.